The highest BCUT2D eigenvalue weighted by Crippen LogP contribution is 2.35. The minimum Gasteiger partial charge on any atom is -0.426 e. The molecule has 0 saturated carbocycles. The van der Waals surface area contributed by atoms with Gasteiger partial charge >= 0.3 is 5.97 Å². The Kier molecular flexibility index (Phi) is 2.05. The zero-order chi connectivity index (χ0) is 9.26. The molecule has 0 saturated heterocycles. The zero-order valence-electron chi connectivity index (χ0n) is 7.62. The molecule has 0 bridgehead atoms. The van der Waals surface area contributed by atoms with Gasteiger partial charge < -0.3 is 4.74 Å². The topological polar surface area (TPSA) is 26.3 Å². The molecule has 1 aromatic carbocycles. The molecule has 68 valence electrons. The molecule has 1 aromatic rings. The van der Waals surface area contributed by atoms with Crippen molar-refractivity contribution in [2.75, 3.05) is 0 Å². The SMILES string of the molecule is CC[C@H]1CC(=O)Oc2ccccc21. The monoisotopic (exact) mass is 176 g/mol. The van der Waals surface area contributed by atoms with Crippen LogP contribution in [0.15, 0.2) is 24.3 Å². The van der Waals surface area contributed by atoms with E-state index in [0.717, 1.165) is 12.2 Å². The summed E-state index contributed by atoms with van der Waals surface area (Å²) >= 11 is 0. The number of para-hydroxylation sites is 1. The fraction of sp³-hybridized carbons (Fsp3) is 0.364. The van der Waals surface area contributed by atoms with Gasteiger partial charge in [0.1, 0.15) is 5.75 Å². The van der Waals surface area contributed by atoms with Crippen LogP contribution in [0, 0.1) is 0 Å². The first-order chi connectivity index (χ1) is 6.31. The van der Waals surface area contributed by atoms with Crippen LogP contribution in [0.3, 0.4) is 0 Å². The summed E-state index contributed by atoms with van der Waals surface area (Å²) in [5, 5.41) is 0. The van der Waals surface area contributed by atoms with Gasteiger partial charge in [0.2, 0.25) is 0 Å². The normalized spacial score (nSPS) is 20.7. The van der Waals surface area contributed by atoms with Gasteiger partial charge in [0.15, 0.2) is 0 Å². The molecule has 2 heteroatoms. The van der Waals surface area contributed by atoms with Gasteiger partial charge in [0.05, 0.1) is 6.42 Å². The number of hydrogen-bond acceptors (Lipinski definition) is 2. The predicted octanol–water partition coefficient (Wildman–Crippen LogP) is 2.49. The molecule has 0 spiro atoms. The van der Waals surface area contributed by atoms with E-state index in [2.05, 4.69) is 6.92 Å². The summed E-state index contributed by atoms with van der Waals surface area (Å²) in [7, 11) is 0. The molecule has 0 aromatic heterocycles. The van der Waals surface area contributed by atoms with Crippen LogP contribution >= 0.6 is 0 Å². The van der Waals surface area contributed by atoms with Gasteiger partial charge in [-0.1, -0.05) is 25.1 Å². The van der Waals surface area contributed by atoms with E-state index < -0.39 is 0 Å². The van der Waals surface area contributed by atoms with E-state index >= 15 is 0 Å². The Morgan fingerprint density at radius 3 is 3.00 bits per heavy atom. The fourth-order valence-electron chi connectivity index (χ4n) is 1.75. The summed E-state index contributed by atoms with van der Waals surface area (Å²) in [4.78, 5) is 11.2. The maximum absolute atomic E-state index is 11.2. The second-order valence-electron chi connectivity index (χ2n) is 3.32. The number of fused-ring (bicyclic) bond motifs is 1. The van der Waals surface area contributed by atoms with Crippen LogP contribution in [0.4, 0.5) is 0 Å². The van der Waals surface area contributed by atoms with Crippen LogP contribution in [0.2, 0.25) is 0 Å². The third-order valence-electron chi connectivity index (χ3n) is 2.49. The lowest BCUT2D eigenvalue weighted by Crippen LogP contribution is -2.19. The van der Waals surface area contributed by atoms with E-state index in [0.29, 0.717) is 12.3 Å². The third kappa shape index (κ3) is 1.44. The highest BCUT2D eigenvalue weighted by Gasteiger charge is 2.24. The average Bonchev–Trinajstić information content (AvgIpc) is 2.16. The van der Waals surface area contributed by atoms with E-state index in [-0.39, 0.29) is 5.97 Å². The molecule has 1 aliphatic heterocycles. The Morgan fingerprint density at radius 2 is 2.23 bits per heavy atom. The molecule has 1 atom stereocenters. The molecule has 0 N–H and O–H groups in total. The van der Waals surface area contributed by atoms with Crippen molar-refractivity contribution in [2.24, 2.45) is 0 Å². The van der Waals surface area contributed by atoms with Gasteiger partial charge in [-0.25, -0.2) is 0 Å². The lowest BCUT2D eigenvalue weighted by molar-refractivity contribution is -0.135. The first kappa shape index (κ1) is 8.30. The molecule has 0 amide bonds. The van der Waals surface area contributed by atoms with Crippen molar-refractivity contribution in [2.45, 2.75) is 25.7 Å². The molecule has 1 aliphatic rings. The first-order valence-corrected chi connectivity index (χ1v) is 4.61. The largest absolute Gasteiger partial charge is 0.426 e. The molecular formula is C11H12O2. The summed E-state index contributed by atoms with van der Waals surface area (Å²) < 4.78 is 5.12. The average molecular weight is 176 g/mol. The van der Waals surface area contributed by atoms with Gasteiger partial charge in [0.25, 0.3) is 0 Å². The summed E-state index contributed by atoms with van der Waals surface area (Å²) in [6, 6.07) is 7.77. The zero-order valence-corrected chi connectivity index (χ0v) is 7.62. The van der Waals surface area contributed by atoms with Crippen LogP contribution in [-0.2, 0) is 4.79 Å². The Hall–Kier alpha value is -1.31. The molecule has 13 heavy (non-hydrogen) atoms. The minimum atomic E-state index is -0.106. The van der Waals surface area contributed by atoms with Crippen LogP contribution in [0.5, 0.6) is 5.75 Å². The van der Waals surface area contributed by atoms with Crippen LogP contribution in [0.1, 0.15) is 31.2 Å². The standard InChI is InChI=1S/C11H12O2/c1-2-8-7-11(12)13-10-6-4-3-5-9(8)10/h3-6,8H,2,7H2,1H3/t8-/m0/s1. The van der Waals surface area contributed by atoms with Gasteiger partial charge in [-0.3, -0.25) is 4.79 Å². The summed E-state index contributed by atoms with van der Waals surface area (Å²) in [6.07, 6.45) is 1.51. The van der Waals surface area contributed by atoms with E-state index in [1.807, 2.05) is 24.3 Å². The Balaban J connectivity index is 2.42. The number of carbonyl (C=O) groups excluding carboxylic acids is 1. The van der Waals surface area contributed by atoms with E-state index in [1.54, 1.807) is 0 Å². The van der Waals surface area contributed by atoms with Gasteiger partial charge in [-0.2, -0.15) is 0 Å². The van der Waals surface area contributed by atoms with Crippen LogP contribution in [0.25, 0.3) is 0 Å². The minimum absolute atomic E-state index is 0.106. The molecular weight excluding hydrogens is 164 g/mol. The van der Waals surface area contributed by atoms with Gasteiger partial charge in [0, 0.05) is 0 Å². The van der Waals surface area contributed by atoms with Crippen molar-refractivity contribution >= 4 is 5.97 Å². The fourth-order valence-corrected chi connectivity index (χ4v) is 1.75. The van der Waals surface area contributed by atoms with Crippen molar-refractivity contribution in [3.05, 3.63) is 29.8 Å². The molecule has 0 fully saturated rings. The quantitative estimate of drug-likeness (QED) is 0.485. The number of carbonyl (C=O) groups is 1. The second kappa shape index (κ2) is 3.21. The van der Waals surface area contributed by atoms with Crippen LogP contribution < -0.4 is 4.74 Å². The summed E-state index contributed by atoms with van der Waals surface area (Å²) in [5.74, 6) is 0.980. The number of rotatable bonds is 1. The second-order valence-corrected chi connectivity index (χ2v) is 3.32. The molecule has 0 aliphatic carbocycles. The molecule has 2 rings (SSSR count). The highest BCUT2D eigenvalue weighted by molar-refractivity contribution is 5.76. The molecule has 0 unspecified atom stereocenters. The lowest BCUT2D eigenvalue weighted by Gasteiger charge is -2.22. The van der Waals surface area contributed by atoms with Crippen molar-refractivity contribution in [3.63, 3.8) is 0 Å². The number of ether oxygens (including phenoxy) is 1. The third-order valence-corrected chi connectivity index (χ3v) is 2.49. The number of esters is 1. The van der Waals surface area contributed by atoms with Crippen LogP contribution in [-0.4, -0.2) is 5.97 Å². The molecule has 1 heterocycles. The maximum Gasteiger partial charge on any atom is 0.311 e. The Bertz CT molecular complexity index is 331. The van der Waals surface area contributed by atoms with Crippen molar-refractivity contribution in [3.8, 4) is 5.75 Å². The molecule has 0 radical (unpaired) electrons. The van der Waals surface area contributed by atoms with Crippen molar-refractivity contribution in [1.82, 2.24) is 0 Å². The van der Waals surface area contributed by atoms with E-state index in [1.165, 1.54) is 5.56 Å². The van der Waals surface area contributed by atoms with E-state index in [9.17, 15) is 4.79 Å². The molecule has 2 nitrogen and oxygen atoms in total. The Morgan fingerprint density at radius 1 is 1.46 bits per heavy atom. The van der Waals surface area contributed by atoms with E-state index in [4.69, 9.17) is 4.74 Å². The maximum atomic E-state index is 11.2. The predicted molar refractivity (Wildman–Crippen MR) is 49.7 cm³/mol. The van der Waals surface area contributed by atoms with Gasteiger partial charge in [-0.05, 0) is 24.0 Å². The smallest absolute Gasteiger partial charge is 0.311 e. The van der Waals surface area contributed by atoms with Crippen molar-refractivity contribution in [1.29, 1.82) is 0 Å². The summed E-state index contributed by atoms with van der Waals surface area (Å²) in [6.45, 7) is 2.10. The first-order valence-electron chi connectivity index (χ1n) is 4.61. The van der Waals surface area contributed by atoms with Gasteiger partial charge in [-0.15, -0.1) is 0 Å². The van der Waals surface area contributed by atoms with Crippen molar-refractivity contribution < 1.29 is 9.53 Å². The summed E-state index contributed by atoms with van der Waals surface area (Å²) in [5.41, 5.74) is 1.17. The lowest BCUT2D eigenvalue weighted by atomic mass is 9.91. The highest BCUT2D eigenvalue weighted by atomic mass is 16.5. The Labute approximate surface area is 77.5 Å². The number of benzene rings is 1. The number of hydrogen-bond donors (Lipinski definition) is 0.